The summed E-state index contributed by atoms with van der Waals surface area (Å²) in [6.07, 6.45) is 3.26. The first-order valence-corrected chi connectivity index (χ1v) is 8.12. The van der Waals surface area contributed by atoms with E-state index in [-0.39, 0.29) is 18.6 Å². The van der Waals surface area contributed by atoms with E-state index < -0.39 is 0 Å². The second kappa shape index (κ2) is 7.77. The van der Waals surface area contributed by atoms with E-state index in [1.807, 2.05) is 36.1 Å². The van der Waals surface area contributed by atoms with Crippen molar-refractivity contribution in [3.05, 3.63) is 48.2 Å². The van der Waals surface area contributed by atoms with Crippen LogP contribution in [0.4, 0.5) is 0 Å². The molecule has 6 heteroatoms. The van der Waals surface area contributed by atoms with Gasteiger partial charge in [-0.2, -0.15) is 5.10 Å². The van der Waals surface area contributed by atoms with Crippen molar-refractivity contribution in [2.24, 2.45) is 0 Å². The predicted molar refractivity (Wildman–Crippen MR) is 88.9 cm³/mol. The van der Waals surface area contributed by atoms with Gasteiger partial charge in [0.25, 0.3) is 5.91 Å². The molecule has 0 unspecified atom stereocenters. The summed E-state index contributed by atoms with van der Waals surface area (Å²) in [5.41, 5.74) is 1.17. The lowest BCUT2D eigenvalue weighted by Gasteiger charge is -2.31. The molecule has 1 aromatic carbocycles. The summed E-state index contributed by atoms with van der Waals surface area (Å²) in [5.74, 6) is 1.26. The van der Waals surface area contributed by atoms with Crippen LogP contribution in [0.2, 0.25) is 0 Å². The maximum absolute atomic E-state index is 12.2. The summed E-state index contributed by atoms with van der Waals surface area (Å²) in [5, 5.41) is 7.72. The van der Waals surface area contributed by atoms with Crippen LogP contribution in [0.25, 0.3) is 0 Å². The van der Waals surface area contributed by atoms with Gasteiger partial charge in [-0.05, 0) is 25.1 Å². The topological polar surface area (TPSA) is 64.5 Å². The number of aromatic nitrogens is 2. The number of nitrogens with zero attached hydrogens (tertiary/aromatic N) is 3. The zero-order valence-electron chi connectivity index (χ0n) is 13.7. The lowest BCUT2D eigenvalue weighted by molar-refractivity contribution is -0.135. The molecular formula is C18H21N3O3. The molecule has 24 heavy (non-hydrogen) atoms. The maximum Gasteiger partial charge on any atom is 0.260 e. The van der Waals surface area contributed by atoms with E-state index in [2.05, 4.69) is 10.2 Å². The number of hydrogen-bond acceptors (Lipinski definition) is 5. The van der Waals surface area contributed by atoms with E-state index in [0.717, 1.165) is 18.6 Å². The number of likely N-dealkylation sites (tertiary alicyclic amines) is 1. The van der Waals surface area contributed by atoms with Gasteiger partial charge in [-0.1, -0.05) is 17.7 Å². The molecule has 1 aliphatic rings. The Morgan fingerprint density at radius 2 is 1.96 bits per heavy atom. The molecule has 2 aromatic rings. The van der Waals surface area contributed by atoms with Gasteiger partial charge in [0.05, 0.1) is 0 Å². The van der Waals surface area contributed by atoms with Crippen LogP contribution in [-0.4, -0.2) is 46.8 Å². The summed E-state index contributed by atoms with van der Waals surface area (Å²) in [4.78, 5) is 14.1. The Labute approximate surface area is 141 Å². The van der Waals surface area contributed by atoms with Crippen LogP contribution < -0.4 is 9.47 Å². The molecule has 0 spiro atoms. The van der Waals surface area contributed by atoms with E-state index >= 15 is 0 Å². The number of carbonyl (C=O) groups is 1. The van der Waals surface area contributed by atoms with Crippen LogP contribution in [0.15, 0.2) is 42.6 Å². The van der Waals surface area contributed by atoms with Gasteiger partial charge in [0.2, 0.25) is 5.88 Å². The molecule has 1 aromatic heterocycles. The Kier molecular flexibility index (Phi) is 5.25. The smallest absolute Gasteiger partial charge is 0.260 e. The largest absolute Gasteiger partial charge is 0.484 e. The average Bonchev–Trinajstić information content (AvgIpc) is 2.62. The molecule has 0 radical (unpaired) electrons. The maximum atomic E-state index is 12.2. The Hall–Kier alpha value is -2.63. The number of carbonyl (C=O) groups excluding carboxylic acids is 1. The summed E-state index contributed by atoms with van der Waals surface area (Å²) in [6.45, 7) is 3.42. The molecule has 6 nitrogen and oxygen atoms in total. The summed E-state index contributed by atoms with van der Waals surface area (Å²) in [6, 6.07) is 11.3. The summed E-state index contributed by atoms with van der Waals surface area (Å²) < 4.78 is 11.3. The van der Waals surface area contributed by atoms with Crippen LogP contribution in [0, 0.1) is 6.92 Å². The summed E-state index contributed by atoms with van der Waals surface area (Å²) >= 11 is 0. The van der Waals surface area contributed by atoms with Gasteiger partial charge in [-0.15, -0.1) is 5.10 Å². The number of rotatable bonds is 5. The van der Waals surface area contributed by atoms with Gasteiger partial charge in [0.15, 0.2) is 6.61 Å². The minimum absolute atomic E-state index is 0.00790. The predicted octanol–water partition coefficient (Wildman–Crippen LogP) is 2.23. The van der Waals surface area contributed by atoms with Gasteiger partial charge in [-0.25, -0.2) is 0 Å². The van der Waals surface area contributed by atoms with E-state index in [0.29, 0.717) is 19.0 Å². The van der Waals surface area contributed by atoms with Gasteiger partial charge in [0, 0.05) is 38.2 Å². The van der Waals surface area contributed by atoms with E-state index in [4.69, 9.17) is 9.47 Å². The standard InChI is InChI=1S/C18H21N3O3/c1-14-4-6-15(7-5-14)23-13-18(22)21-11-8-16(9-12-21)24-17-3-2-10-19-20-17/h2-7,10,16H,8-9,11-13H2,1H3. The highest BCUT2D eigenvalue weighted by molar-refractivity contribution is 5.77. The Balaban J connectivity index is 1.42. The summed E-state index contributed by atoms with van der Waals surface area (Å²) in [7, 11) is 0. The fourth-order valence-corrected chi connectivity index (χ4v) is 2.61. The third-order valence-corrected chi connectivity index (χ3v) is 4.01. The molecule has 0 N–H and O–H groups in total. The number of benzene rings is 1. The van der Waals surface area contributed by atoms with Gasteiger partial charge < -0.3 is 14.4 Å². The van der Waals surface area contributed by atoms with Crippen molar-refractivity contribution in [3.63, 3.8) is 0 Å². The normalized spacial score (nSPS) is 15.1. The first-order chi connectivity index (χ1) is 11.7. The minimum Gasteiger partial charge on any atom is -0.484 e. The number of ether oxygens (including phenoxy) is 2. The molecule has 1 saturated heterocycles. The SMILES string of the molecule is Cc1ccc(OCC(=O)N2CCC(Oc3cccnn3)CC2)cc1. The minimum atomic E-state index is 0.00790. The Morgan fingerprint density at radius 1 is 1.21 bits per heavy atom. The number of piperidine rings is 1. The molecule has 0 saturated carbocycles. The second-order valence-corrected chi connectivity index (χ2v) is 5.86. The number of aryl methyl sites for hydroxylation is 1. The lowest BCUT2D eigenvalue weighted by atomic mass is 10.1. The highest BCUT2D eigenvalue weighted by atomic mass is 16.5. The van der Waals surface area contributed by atoms with Crippen LogP contribution in [0.5, 0.6) is 11.6 Å². The third-order valence-electron chi connectivity index (χ3n) is 4.01. The molecule has 0 bridgehead atoms. The quantitative estimate of drug-likeness (QED) is 0.842. The molecule has 126 valence electrons. The van der Waals surface area contributed by atoms with Crippen molar-refractivity contribution in [3.8, 4) is 11.6 Å². The van der Waals surface area contributed by atoms with Crippen molar-refractivity contribution < 1.29 is 14.3 Å². The van der Waals surface area contributed by atoms with Gasteiger partial charge in [0.1, 0.15) is 11.9 Å². The van der Waals surface area contributed by atoms with Gasteiger partial charge >= 0.3 is 0 Å². The van der Waals surface area contributed by atoms with Gasteiger partial charge in [-0.3, -0.25) is 4.79 Å². The number of hydrogen-bond donors (Lipinski definition) is 0. The van der Waals surface area contributed by atoms with Crippen LogP contribution >= 0.6 is 0 Å². The van der Waals surface area contributed by atoms with Crippen LogP contribution in [0.1, 0.15) is 18.4 Å². The highest BCUT2D eigenvalue weighted by Gasteiger charge is 2.24. The molecule has 1 aliphatic heterocycles. The first-order valence-electron chi connectivity index (χ1n) is 8.12. The van der Waals surface area contributed by atoms with Crippen molar-refractivity contribution in [1.82, 2.24) is 15.1 Å². The Morgan fingerprint density at radius 3 is 2.62 bits per heavy atom. The molecule has 0 atom stereocenters. The van der Waals surface area contributed by atoms with Crippen molar-refractivity contribution in [2.45, 2.75) is 25.9 Å². The van der Waals surface area contributed by atoms with E-state index in [1.165, 1.54) is 5.56 Å². The lowest BCUT2D eigenvalue weighted by Crippen LogP contribution is -2.43. The zero-order valence-corrected chi connectivity index (χ0v) is 13.7. The fourth-order valence-electron chi connectivity index (χ4n) is 2.61. The van der Waals surface area contributed by atoms with E-state index in [9.17, 15) is 4.79 Å². The third kappa shape index (κ3) is 4.44. The Bertz CT molecular complexity index is 653. The van der Waals surface area contributed by atoms with Crippen molar-refractivity contribution >= 4 is 5.91 Å². The molecule has 1 fully saturated rings. The molecule has 1 amide bonds. The molecule has 3 rings (SSSR count). The first kappa shape index (κ1) is 16.2. The molecular weight excluding hydrogens is 306 g/mol. The fraction of sp³-hybridized carbons (Fsp3) is 0.389. The van der Waals surface area contributed by atoms with Crippen LogP contribution in [-0.2, 0) is 4.79 Å². The second-order valence-electron chi connectivity index (χ2n) is 5.86. The van der Waals surface area contributed by atoms with Crippen molar-refractivity contribution in [2.75, 3.05) is 19.7 Å². The monoisotopic (exact) mass is 327 g/mol. The van der Waals surface area contributed by atoms with Crippen LogP contribution in [0.3, 0.4) is 0 Å². The van der Waals surface area contributed by atoms with Crippen molar-refractivity contribution in [1.29, 1.82) is 0 Å². The average molecular weight is 327 g/mol. The zero-order chi connectivity index (χ0) is 16.8. The number of amides is 1. The van der Waals surface area contributed by atoms with E-state index in [1.54, 1.807) is 18.3 Å². The highest BCUT2D eigenvalue weighted by Crippen LogP contribution is 2.17. The molecule has 2 heterocycles. The molecule has 0 aliphatic carbocycles.